The summed E-state index contributed by atoms with van der Waals surface area (Å²) in [6.07, 6.45) is 1.70. The molecular weight excluding hydrogens is 288 g/mol. The first-order valence-electron chi connectivity index (χ1n) is 6.29. The molecule has 0 spiro atoms. The second-order valence-electron chi connectivity index (χ2n) is 4.50. The Morgan fingerprint density at radius 2 is 1.90 bits per heavy atom. The lowest BCUT2D eigenvalue weighted by Gasteiger charge is -2.11. The van der Waals surface area contributed by atoms with E-state index >= 15 is 0 Å². The Hall–Kier alpha value is -2.59. The molecule has 0 bridgehead atoms. The Kier molecular flexibility index (Phi) is 3.46. The summed E-state index contributed by atoms with van der Waals surface area (Å²) in [6.45, 7) is 0. The zero-order chi connectivity index (χ0) is 14.8. The minimum atomic E-state index is -1.03. The van der Waals surface area contributed by atoms with Gasteiger partial charge in [-0.3, -0.25) is 4.98 Å². The number of pyridine rings is 1. The number of hydrogen-bond acceptors (Lipinski definition) is 3. The summed E-state index contributed by atoms with van der Waals surface area (Å²) in [4.78, 5) is 15.6. The fraction of sp³-hybridized carbons (Fsp3) is 0. The smallest absolute Gasteiger partial charge is 0.337 e. The lowest BCUT2D eigenvalue weighted by Crippen LogP contribution is -2.03. The van der Waals surface area contributed by atoms with Gasteiger partial charge < -0.3 is 10.4 Å². The van der Waals surface area contributed by atoms with Crippen molar-refractivity contribution in [2.45, 2.75) is 0 Å². The van der Waals surface area contributed by atoms with E-state index in [-0.39, 0.29) is 5.56 Å². The molecule has 2 N–H and O–H groups in total. The van der Waals surface area contributed by atoms with Crippen LogP contribution >= 0.6 is 11.6 Å². The van der Waals surface area contributed by atoms with Gasteiger partial charge in [0.05, 0.1) is 22.5 Å². The highest BCUT2D eigenvalue weighted by Gasteiger charge is 2.12. The normalized spacial score (nSPS) is 10.5. The van der Waals surface area contributed by atoms with Gasteiger partial charge in [-0.05, 0) is 30.3 Å². The predicted octanol–water partition coefficient (Wildman–Crippen LogP) is 4.33. The van der Waals surface area contributed by atoms with Gasteiger partial charge in [-0.1, -0.05) is 29.8 Å². The molecule has 0 fully saturated rings. The van der Waals surface area contributed by atoms with Crippen LogP contribution in [0.2, 0.25) is 5.02 Å². The number of benzene rings is 2. The van der Waals surface area contributed by atoms with E-state index in [0.717, 1.165) is 16.6 Å². The Labute approximate surface area is 126 Å². The van der Waals surface area contributed by atoms with Crippen molar-refractivity contribution < 1.29 is 9.90 Å². The average Bonchev–Trinajstić information content (AvgIpc) is 2.49. The van der Waals surface area contributed by atoms with Gasteiger partial charge in [0, 0.05) is 16.6 Å². The molecule has 0 aliphatic carbocycles. The summed E-state index contributed by atoms with van der Waals surface area (Å²) in [7, 11) is 0. The SMILES string of the molecule is O=C(O)c1cc(Cl)ccc1Nc1cccc2cccnc12. The van der Waals surface area contributed by atoms with Crippen LogP contribution in [-0.4, -0.2) is 16.1 Å². The number of halogens is 1. The van der Waals surface area contributed by atoms with Gasteiger partial charge in [0.1, 0.15) is 0 Å². The third-order valence-electron chi connectivity index (χ3n) is 3.11. The van der Waals surface area contributed by atoms with Crippen molar-refractivity contribution in [2.24, 2.45) is 0 Å². The Morgan fingerprint density at radius 1 is 1.10 bits per heavy atom. The summed E-state index contributed by atoms with van der Waals surface area (Å²) in [5.41, 5.74) is 2.13. The van der Waals surface area contributed by atoms with Gasteiger partial charge in [0.25, 0.3) is 0 Å². The number of carbonyl (C=O) groups is 1. The second kappa shape index (κ2) is 5.42. The molecule has 0 saturated carbocycles. The minimum Gasteiger partial charge on any atom is -0.478 e. The summed E-state index contributed by atoms with van der Waals surface area (Å²) >= 11 is 5.86. The Bertz CT molecular complexity index is 828. The van der Waals surface area contributed by atoms with Crippen molar-refractivity contribution in [3.8, 4) is 0 Å². The number of carboxylic acids is 1. The molecule has 0 radical (unpaired) electrons. The number of para-hydroxylation sites is 1. The quantitative estimate of drug-likeness (QED) is 0.755. The minimum absolute atomic E-state index is 0.121. The average molecular weight is 299 g/mol. The van der Waals surface area contributed by atoms with E-state index in [1.807, 2.05) is 30.3 Å². The lowest BCUT2D eigenvalue weighted by molar-refractivity contribution is 0.0698. The molecule has 0 aliphatic rings. The molecular formula is C16H11ClN2O2. The third kappa shape index (κ3) is 2.66. The molecule has 0 aliphatic heterocycles. The van der Waals surface area contributed by atoms with Gasteiger partial charge in [0.15, 0.2) is 0 Å². The van der Waals surface area contributed by atoms with Gasteiger partial charge in [-0.15, -0.1) is 0 Å². The molecule has 3 aromatic rings. The molecule has 5 heteroatoms. The van der Waals surface area contributed by atoms with Crippen LogP contribution in [-0.2, 0) is 0 Å². The van der Waals surface area contributed by atoms with E-state index in [9.17, 15) is 9.90 Å². The van der Waals surface area contributed by atoms with Crippen molar-refractivity contribution >= 4 is 39.8 Å². The fourth-order valence-corrected chi connectivity index (χ4v) is 2.32. The summed E-state index contributed by atoms with van der Waals surface area (Å²) < 4.78 is 0. The number of rotatable bonds is 3. The van der Waals surface area contributed by atoms with Crippen molar-refractivity contribution in [1.82, 2.24) is 4.98 Å². The first-order chi connectivity index (χ1) is 10.1. The van der Waals surface area contributed by atoms with Crippen LogP contribution in [0, 0.1) is 0 Å². The van der Waals surface area contributed by atoms with Gasteiger partial charge in [-0.25, -0.2) is 4.79 Å². The number of carboxylic acid groups (broad SMARTS) is 1. The predicted molar refractivity (Wildman–Crippen MR) is 83.4 cm³/mol. The number of nitrogens with one attached hydrogen (secondary N) is 1. The molecule has 0 saturated heterocycles. The van der Waals surface area contributed by atoms with Crippen molar-refractivity contribution in [3.05, 3.63) is 65.3 Å². The summed E-state index contributed by atoms with van der Waals surface area (Å²) in [5.74, 6) is -1.03. The largest absolute Gasteiger partial charge is 0.478 e. The van der Waals surface area contributed by atoms with Gasteiger partial charge in [0.2, 0.25) is 0 Å². The Balaban J connectivity index is 2.09. The highest BCUT2D eigenvalue weighted by atomic mass is 35.5. The lowest BCUT2D eigenvalue weighted by atomic mass is 10.1. The summed E-state index contributed by atoms with van der Waals surface area (Å²) in [6, 6.07) is 14.2. The number of hydrogen-bond donors (Lipinski definition) is 2. The van der Waals surface area contributed by atoms with Crippen molar-refractivity contribution in [1.29, 1.82) is 0 Å². The van der Waals surface area contributed by atoms with Crippen LogP contribution in [0.4, 0.5) is 11.4 Å². The van der Waals surface area contributed by atoms with Crippen LogP contribution in [0.1, 0.15) is 10.4 Å². The molecule has 21 heavy (non-hydrogen) atoms. The maximum atomic E-state index is 11.3. The topological polar surface area (TPSA) is 62.2 Å². The van der Waals surface area contributed by atoms with E-state index in [2.05, 4.69) is 10.3 Å². The van der Waals surface area contributed by atoms with Crippen LogP contribution in [0.5, 0.6) is 0 Å². The molecule has 4 nitrogen and oxygen atoms in total. The molecule has 3 rings (SSSR count). The fourth-order valence-electron chi connectivity index (χ4n) is 2.15. The Morgan fingerprint density at radius 3 is 2.71 bits per heavy atom. The molecule has 2 aromatic carbocycles. The monoisotopic (exact) mass is 298 g/mol. The number of aromatic carboxylic acids is 1. The first kappa shape index (κ1) is 13.4. The highest BCUT2D eigenvalue weighted by molar-refractivity contribution is 6.31. The maximum Gasteiger partial charge on any atom is 0.337 e. The number of anilines is 2. The molecule has 0 atom stereocenters. The number of aromatic nitrogens is 1. The highest BCUT2D eigenvalue weighted by Crippen LogP contribution is 2.28. The summed E-state index contributed by atoms with van der Waals surface area (Å²) in [5, 5.41) is 13.8. The number of fused-ring (bicyclic) bond motifs is 1. The van der Waals surface area contributed by atoms with Crippen molar-refractivity contribution in [2.75, 3.05) is 5.32 Å². The van der Waals surface area contributed by atoms with Crippen LogP contribution in [0.15, 0.2) is 54.7 Å². The van der Waals surface area contributed by atoms with E-state index in [1.165, 1.54) is 6.07 Å². The van der Waals surface area contributed by atoms with E-state index in [1.54, 1.807) is 18.3 Å². The zero-order valence-electron chi connectivity index (χ0n) is 10.9. The van der Waals surface area contributed by atoms with Crippen LogP contribution in [0.3, 0.4) is 0 Å². The van der Waals surface area contributed by atoms with E-state index < -0.39 is 5.97 Å². The molecule has 0 unspecified atom stereocenters. The molecule has 0 amide bonds. The molecule has 1 aromatic heterocycles. The number of nitrogens with zero attached hydrogens (tertiary/aromatic N) is 1. The van der Waals surface area contributed by atoms with Crippen LogP contribution < -0.4 is 5.32 Å². The standard InChI is InChI=1S/C16H11ClN2O2/c17-11-6-7-13(12(9-11)16(20)21)19-14-5-1-3-10-4-2-8-18-15(10)14/h1-9,19H,(H,20,21). The third-order valence-corrected chi connectivity index (χ3v) is 3.35. The first-order valence-corrected chi connectivity index (χ1v) is 6.66. The van der Waals surface area contributed by atoms with Gasteiger partial charge >= 0.3 is 5.97 Å². The van der Waals surface area contributed by atoms with E-state index in [0.29, 0.717) is 10.7 Å². The van der Waals surface area contributed by atoms with Crippen LogP contribution in [0.25, 0.3) is 10.9 Å². The maximum absolute atomic E-state index is 11.3. The van der Waals surface area contributed by atoms with Gasteiger partial charge in [-0.2, -0.15) is 0 Å². The molecule has 104 valence electrons. The molecule has 1 heterocycles. The second-order valence-corrected chi connectivity index (χ2v) is 4.94. The van der Waals surface area contributed by atoms with E-state index in [4.69, 9.17) is 11.6 Å². The zero-order valence-corrected chi connectivity index (χ0v) is 11.6. The van der Waals surface area contributed by atoms with Crippen molar-refractivity contribution in [3.63, 3.8) is 0 Å².